The van der Waals surface area contributed by atoms with Gasteiger partial charge < -0.3 is 10.6 Å². The van der Waals surface area contributed by atoms with Crippen molar-refractivity contribution in [2.24, 2.45) is 0 Å². The zero-order chi connectivity index (χ0) is 14.5. The number of carbonyl (C=O) groups excluding carboxylic acids is 1. The minimum atomic E-state index is -0.110. The van der Waals surface area contributed by atoms with Crippen LogP contribution in [0.1, 0.15) is 13.3 Å². The number of carbonyl (C=O) groups is 1. The molecular formula is C13H12Cl2N4O. The fourth-order valence-electron chi connectivity index (χ4n) is 1.47. The van der Waals surface area contributed by atoms with Crippen molar-refractivity contribution in [3.63, 3.8) is 0 Å². The number of halogens is 2. The fourth-order valence-corrected chi connectivity index (χ4v) is 2.00. The van der Waals surface area contributed by atoms with Crippen molar-refractivity contribution < 1.29 is 4.79 Å². The van der Waals surface area contributed by atoms with Crippen LogP contribution in [-0.4, -0.2) is 16.1 Å². The van der Waals surface area contributed by atoms with E-state index in [9.17, 15) is 4.79 Å². The van der Waals surface area contributed by atoms with E-state index in [-0.39, 0.29) is 5.91 Å². The minimum Gasteiger partial charge on any atom is -0.339 e. The Balaban J connectivity index is 2.08. The molecule has 1 aromatic carbocycles. The topological polar surface area (TPSA) is 66.9 Å². The molecule has 0 spiro atoms. The van der Waals surface area contributed by atoms with Gasteiger partial charge in [-0.05, 0) is 30.3 Å². The minimum absolute atomic E-state index is 0.110. The average Bonchev–Trinajstić information content (AvgIpc) is 2.39. The number of nitrogens with one attached hydrogen (secondary N) is 2. The van der Waals surface area contributed by atoms with Crippen LogP contribution in [0.4, 0.5) is 17.3 Å². The van der Waals surface area contributed by atoms with Gasteiger partial charge in [0.2, 0.25) is 5.91 Å². The van der Waals surface area contributed by atoms with Gasteiger partial charge in [-0.25, -0.2) is 0 Å². The van der Waals surface area contributed by atoms with E-state index in [1.807, 2.05) is 0 Å². The molecule has 0 unspecified atom stereocenters. The molecular weight excluding hydrogens is 299 g/mol. The van der Waals surface area contributed by atoms with Crippen LogP contribution in [0.5, 0.6) is 0 Å². The second kappa shape index (κ2) is 6.54. The Kier molecular flexibility index (Phi) is 4.76. The summed E-state index contributed by atoms with van der Waals surface area (Å²) in [4.78, 5) is 11.2. The lowest BCUT2D eigenvalue weighted by molar-refractivity contribution is -0.115. The summed E-state index contributed by atoms with van der Waals surface area (Å²) in [6, 6.07) is 8.45. The van der Waals surface area contributed by atoms with Crippen molar-refractivity contribution in [3.8, 4) is 0 Å². The van der Waals surface area contributed by atoms with Gasteiger partial charge >= 0.3 is 0 Å². The Morgan fingerprint density at radius 1 is 1.10 bits per heavy atom. The molecule has 2 aromatic rings. The van der Waals surface area contributed by atoms with Crippen molar-refractivity contribution in [1.82, 2.24) is 10.2 Å². The predicted molar refractivity (Wildman–Crippen MR) is 80.7 cm³/mol. The third-order valence-corrected chi connectivity index (χ3v) is 2.82. The lowest BCUT2D eigenvalue weighted by Crippen LogP contribution is -2.11. The van der Waals surface area contributed by atoms with Crippen LogP contribution in [0.3, 0.4) is 0 Å². The summed E-state index contributed by atoms with van der Waals surface area (Å²) in [5.41, 5.74) is 0.710. The maximum atomic E-state index is 11.2. The molecule has 0 bridgehead atoms. The number of amides is 1. The monoisotopic (exact) mass is 310 g/mol. The quantitative estimate of drug-likeness (QED) is 0.899. The molecule has 0 aliphatic heterocycles. The normalized spacial score (nSPS) is 10.2. The van der Waals surface area contributed by atoms with E-state index < -0.39 is 0 Å². The van der Waals surface area contributed by atoms with Gasteiger partial charge in [-0.3, -0.25) is 4.79 Å². The number of aromatic nitrogens is 2. The molecule has 0 saturated carbocycles. The zero-order valence-electron chi connectivity index (χ0n) is 10.7. The molecule has 1 amide bonds. The van der Waals surface area contributed by atoms with E-state index in [4.69, 9.17) is 23.2 Å². The maximum Gasteiger partial charge on any atom is 0.225 e. The highest BCUT2D eigenvalue weighted by Gasteiger charge is 2.03. The van der Waals surface area contributed by atoms with E-state index in [2.05, 4.69) is 20.8 Å². The van der Waals surface area contributed by atoms with Crippen molar-refractivity contribution in [1.29, 1.82) is 0 Å². The summed E-state index contributed by atoms with van der Waals surface area (Å²) in [6.07, 6.45) is 0.392. The smallest absolute Gasteiger partial charge is 0.225 e. The molecule has 0 atom stereocenters. The second-order valence-electron chi connectivity index (χ2n) is 3.99. The van der Waals surface area contributed by atoms with Gasteiger partial charge in [0.05, 0.1) is 0 Å². The number of hydrogen-bond acceptors (Lipinski definition) is 4. The van der Waals surface area contributed by atoms with E-state index in [0.29, 0.717) is 33.8 Å². The molecule has 1 aromatic heterocycles. The molecule has 0 saturated heterocycles. The molecule has 2 rings (SSSR count). The summed E-state index contributed by atoms with van der Waals surface area (Å²) < 4.78 is 0. The number of nitrogens with zero attached hydrogens (tertiary/aromatic N) is 2. The largest absolute Gasteiger partial charge is 0.339 e. The van der Waals surface area contributed by atoms with Crippen LogP contribution in [0.15, 0.2) is 30.3 Å². The zero-order valence-corrected chi connectivity index (χ0v) is 12.2. The van der Waals surface area contributed by atoms with Crippen LogP contribution in [0.25, 0.3) is 0 Å². The standard InChI is InChI=1S/C13H12Cl2N4O/c1-2-13(20)17-12-4-3-11(18-19-12)16-10-6-8(14)5-9(15)7-10/h3-7H,2H2,1H3,(H,16,18)(H,17,19,20). The van der Waals surface area contributed by atoms with Crippen LogP contribution in [-0.2, 0) is 4.79 Å². The number of hydrogen-bond donors (Lipinski definition) is 2. The Labute approximate surface area is 126 Å². The lowest BCUT2D eigenvalue weighted by atomic mass is 10.3. The SMILES string of the molecule is CCC(=O)Nc1ccc(Nc2cc(Cl)cc(Cl)c2)nn1. The molecule has 5 nitrogen and oxygen atoms in total. The number of anilines is 3. The van der Waals surface area contributed by atoms with Crippen molar-refractivity contribution >= 4 is 46.4 Å². The molecule has 20 heavy (non-hydrogen) atoms. The second-order valence-corrected chi connectivity index (χ2v) is 4.86. The Morgan fingerprint density at radius 2 is 1.70 bits per heavy atom. The molecule has 1 heterocycles. The van der Waals surface area contributed by atoms with Crippen molar-refractivity contribution in [3.05, 3.63) is 40.4 Å². The Hall–Kier alpha value is -1.85. The Morgan fingerprint density at radius 3 is 2.25 bits per heavy atom. The molecule has 104 valence electrons. The van der Waals surface area contributed by atoms with Gasteiger partial charge in [0.1, 0.15) is 0 Å². The average molecular weight is 311 g/mol. The number of benzene rings is 1. The summed E-state index contributed by atoms with van der Waals surface area (Å²) in [5.74, 6) is 0.825. The van der Waals surface area contributed by atoms with E-state index >= 15 is 0 Å². The fraction of sp³-hybridized carbons (Fsp3) is 0.154. The van der Waals surface area contributed by atoms with E-state index in [0.717, 1.165) is 0 Å². The van der Waals surface area contributed by atoms with E-state index in [1.165, 1.54) is 0 Å². The van der Waals surface area contributed by atoms with Crippen LogP contribution < -0.4 is 10.6 Å². The first-order valence-electron chi connectivity index (χ1n) is 5.93. The molecule has 0 aliphatic rings. The molecule has 7 heteroatoms. The van der Waals surface area contributed by atoms with Gasteiger partial charge in [0.15, 0.2) is 11.6 Å². The Bertz CT molecular complexity index is 596. The van der Waals surface area contributed by atoms with Gasteiger partial charge in [0, 0.05) is 22.2 Å². The maximum absolute atomic E-state index is 11.2. The first-order valence-corrected chi connectivity index (χ1v) is 6.69. The lowest BCUT2D eigenvalue weighted by Gasteiger charge is -2.07. The van der Waals surface area contributed by atoms with Gasteiger partial charge in [-0.15, -0.1) is 10.2 Å². The van der Waals surface area contributed by atoms with Gasteiger partial charge in [-0.2, -0.15) is 0 Å². The highest BCUT2D eigenvalue weighted by atomic mass is 35.5. The summed E-state index contributed by atoms with van der Waals surface area (Å²) in [5, 5.41) is 14.6. The third kappa shape index (κ3) is 4.08. The van der Waals surface area contributed by atoms with Crippen LogP contribution in [0, 0.1) is 0 Å². The predicted octanol–water partition coefficient (Wildman–Crippen LogP) is 3.88. The van der Waals surface area contributed by atoms with Crippen LogP contribution in [0.2, 0.25) is 10.0 Å². The van der Waals surface area contributed by atoms with Crippen molar-refractivity contribution in [2.45, 2.75) is 13.3 Å². The molecule has 0 aliphatic carbocycles. The molecule has 2 N–H and O–H groups in total. The molecule has 0 radical (unpaired) electrons. The number of rotatable bonds is 4. The van der Waals surface area contributed by atoms with Crippen molar-refractivity contribution in [2.75, 3.05) is 10.6 Å². The summed E-state index contributed by atoms with van der Waals surface area (Å²) >= 11 is 11.8. The van der Waals surface area contributed by atoms with E-state index in [1.54, 1.807) is 37.3 Å². The van der Waals surface area contributed by atoms with Gasteiger partial charge in [0.25, 0.3) is 0 Å². The summed E-state index contributed by atoms with van der Waals surface area (Å²) in [7, 11) is 0. The third-order valence-electron chi connectivity index (χ3n) is 2.39. The first-order chi connectivity index (χ1) is 9.56. The molecule has 0 fully saturated rings. The van der Waals surface area contributed by atoms with Crippen LogP contribution >= 0.6 is 23.2 Å². The highest BCUT2D eigenvalue weighted by Crippen LogP contribution is 2.24. The van der Waals surface area contributed by atoms with Gasteiger partial charge in [-0.1, -0.05) is 30.1 Å². The summed E-state index contributed by atoms with van der Waals surface area (Å²) in [6.45, 7) is 1.77. The highest BCUT2D eigenvalue weighted by molar-refractivity contribution is 6.35. The first kappa shape index (κ1) is 14.6.